The second kappa shape index (κ2) is 8.54. The summed E-state index contributed by atoms with van der Waals surface area (Å²) >= 11 is 0. The predicted molar refractivity (Wildman–Crippen MR) is 109 cm³/mol. The van der Waals surface area contributed by atoms with Crippen LogP contribution in [0.15, 0.2) is 12.4 Å². The van der Waals surface area contributed by atoms with E-state index in [1.165, 1.54) is 18.7 Å². The Kier molecular flexibility index (Phi) is 6.07. The number of hydrogen-bond donors (Lipinski definition) is 1. The zero-order valence-electron chi connectivity index (χ0n) is 17.4. The molecule has 1 aromatic rings. The van der Waals surface area contributed by atoms with E-state index in [0.29, 0.717) is 23.8 Å². The first-order chi connectivity index (χ1) is 13.6. The molecule has 3 heterocycles. The molecule has 4 rings (SSSR count). The number of aryl methyl sites for hydroxylation is 1. The molecule has 156 valence electrons. The number of aliphatic hydroxyl groups excluding tert-OH is 1. The van der Waals surface area contributed by atoms with Crippen molar-refractivity contribution in [3.8, 4) is 0 Å². The molecule has 1 saturated carbocycles. The average Bonchev–Trinajstić information content (AvgIpc) is 3.14. The Labute approximate surface area is 168 Å². The molecule has 2 saturated heterocycles. The minimum absolute atomic E-state index is 0.159. The summed E-state index contributed by atoms with van der Waals surface area (Å²) in [4.78, 5) is 21.9. The highest BCUT2D eigenvalue weighted by Crippen LogP contribution is 2.42. The summed E-state index contributed by atoms with van der Waals surface area (Å²) in [6.07, 6.45) is 12.7. The van der Waals surface area contributed by atoms with Crippen LogP contribution in [0.25, 0.3) is 0 Å². The number of hydrogen-bond acceptors (Lipinski definition) is 4. The summed E-state index contributed by atoms with van der Waals surface area (Å²) in [5, 5.41) is 9.81. The molecular formula is C22H36N4O2. The number of rotatable bonds is 5. The van der Waals surface area contributed by atoms with E-state index in [9.17, 15) is 9.90 Å². The van der Waals surface area contributed by atoms with E-state index < -0.39 is 0 Å². The number of aliphatic hydroxyl groups is 1. The summed E-state index contributed by atoms with van der Waals surface area (Å²) in [6, 6.07) is 0.354. The number of likely N-dealkylation sites (tertiary alicyclic amines) is 2. The van der Waals surface area contributed by atoms with Crippen LogP contribution < -0.4 is 0 Å². The quantitative estimate of drug-likeness (QED) is 0.843. The number of aromatic nitrogens is 2. The first-order valence-corrected chi connectivity index (χ1v) is 11.3. The maximum atomic E-state index is 12.6. The van der Waals surface area contributed by atoms with Crippen LogP contribution in [-0.4, -0.2) is 62.1 Å². The zero-order valence-corrected chi connectivity index (χ0v) is 17.4. The van der Waals surface area contributed by atoms with Crippen LogP contribution in [0.3, 0.4) is 0 Å². The lowest BCUT2D eigenvalue weighted by Gasteiger charge is -2.50. The lowest BCUT2D eigenvalue weighted by Crippen LogP contribution is -2.55. The van der Waals surface area contributed by atoms with Gasteiger partial charge in [-0.25, -0.2) is 4.98 Å². The minimum Gasteiger partial charge on any atom is -0.393 e. The molecule has 3 fully saturated rings. The van der Waals surface area contributed by atoms with Gasteiger partial charge >= 0.3 is 0 Å². The maximum Gasteiger partial charge on any atom is 0.222 e. The van der Waals surface area contributed by atoms with Gasteiger partial charge < -0.3 is 14.6 Å². The monoisotopic (exact) mass is 388 g/mol. The number of nitrogens with zero attached hydrogens (tertiary/aromatic N) is 4. The lowest BCUT2D eigenvalue weighted by molar-refractivity contribution is -0.144. The molecule has 6 nitrogen and oxygen atoms in total. The van der Waals surface area contributed by atoms with Gasteiger partial charge in [-0.2, -0.15) is 0 Å². The number of carbonyl (C=O) groups excluding carboxylic acids is 1. The van der Waals surface area contributed by atoms with Crippen molar-refractivity contribution in [3.63, 3.8) is 0 Å². The van der Waals surface area contributed by atoms with E-state index >= 15 is 0 Å². The normalized spacial score (nSPS) is 28.8. The van der Waals surface area contributed by atoms with Crippen molar-refractivity contribution in [1.82, 2.24) is 19.4 Å². The number of imidazole rings is 1. The summed E-state index contributed by atoms with van der Waals surface area (Å²) in [7, 11) is 0. The lowest BCUT2D eigenvalue weighted by atomic mass is 9.71. The highest BCUT2D eigenvalue weighted by Gasteiger charge is 2.43. The topological polar surface area (TPSA) is 61.6 Å². The van der Waals surface area contributed by atoms with Crippen LogP contribution in [0.1, 0.15) is 70.5 Å². The molecule has 0 atom stereocenters. The van der Waals surface area contributed by atoms with Crippen LogP contribution in [0.5, 0.6) is 0 Å². The van der Waals surface area contributed by atoms with Crippen LogP contribution in [0.2, 0.25) is 0 Å². The van der Waals surface area contributed by atoms with Gasteiger partial charge in [0.05, 0.1) is 12.6 Å². The Balaban J connectivity index is 1.34. The van der Waals surface area contributed by atoms with E-state index in [1.807, 2.05) is 6.20 Å². The predicted octanol–water partition coefficient (Wildman–Crippen LogP) is 2.80. The highest BCUT2D eigenvalue weighted by atomic mass is 16.3. The second-order valence-electron chi connectivity index (χ2n) is 9.30. The molecule has 1 aromatic heterocycles. The molecule has 28 heavy (non-hydrogen) atoms. The van der Waals surface area contributed by atoms with E-state index in [-0.39, 0.29) is 6.10 Å². The molecule has 0 bridgehead atoms. The molecule has 0 radical (unpaired) electrons. The Hall–Kier alpha value is -1.40. The van der Waals surface area contributed by atoms with Crippen molar-refractivity contribution >= 4 is 5.91 Å². The van der Waals surface area contributed by atoms with Crippen molar-refractivity contribution < 1.29 is 9.90 Å². The molecule has 1 spiro atoms. The van der Waals surface area contributed by atoms with Gasteiger partial charge in [0, 0.05) is 37.9 Å². The van der Waals surface area contributed by atoms with Gasteiger partial charge in [0.1, 0.15) is 5.82 Å². The third kappa shape index (κ3) is 4.28. The summed E-state index contributed by atoms with van der Waals surface area (Å²) in [6.45, 7) is 7.32. The fourth-order valence-corrected chi connectivity index (χ4v) is 5.48. The molecule has 3 aliphatic rings. The van der Waals surface area contributed by atoms with Gasteiger partial charge in [-0.15, -0.1) is 0 Å². The van der Waals surface area contributed by atoms with Crippen molar-refractivity contribution in [2.45, 2.75) is 89.9 Å². The zero-order chi connectivity index (χ0) is 19.6. The largest absolute Gasteiger partial charge is 0.393 e. The van der Waals surface area contributed by atoms with Crippen molar-refractivity contribution in [2.75, 3.05) is 19.6 Å². The smallest absolute Gasteiger partial charge is 0.222 e. The van der Waals surface area contributed by atoms with Gasteiger partial charge in [-0.1, -0.05) is 6.92 Å². The fourth-order valence-electron chi connectivity index (χ4n) is 5.48. The molecule has 0 aromatic carbocycles. The second-order valence-corrected chi connectivity index (χ2v) is 9.30. The SMILES string of the molecule is CCCn1ccnc1CN1CCC2(CCC(=O)N(C3CCC(O)CC3)C2)CC1. The van der Waals surface area contributed by atoms with E-state index in [0.717, 1.165) is 71.2 Å². The number of amides is 1. The molecule has 0 unspecified atom stereocenters. The number of carbonyl (C=O) groups is 1. The Bertz CT molecular complexity index is 657. The van der Waals surface area contributed by atoms with Crippen LogP contribution in [0, 0.1) is 5.41 Å². The van der Waals surface area contributed by atoms with Gasteiger partial charge in [0.25, 0.3) is 0 Å². The molecule has 6 heteroatoms. The van der Waals surface area contributed by atoms with Gasteiger partial charge in [0.15, 0.2) is 0 Å². The molecule has 1 aliphatic carbocycles. The van der Waals surface area contributed by atoms with Crippen LogP contribution in [-0.2, 0) is 17.9 Å². The highest BCUT2D eigenvalue weighted by molar-refractivity contribution is 5.77. The first-order valence-electron chi connectivity index (χ1n) is 11.3. The first kappa shape index (κ1) is 19.9. The summed E-state index contributed by atoms with van der Waals surface area (Å²) in [5.41, 5.74) is 0.305. The van der Waals surface area contributed by atoms with Gasteiger partial charge in [-0.05, 0) is 69.9 Å². The van der Waals surface area contributed by atoms with Crippen LogP contribution in [0.4, 0.5) is 0 Å². The van der Waals surface area contributed by atoms with E-state index in [4.69, 9.17) is 0 Å². The third-order valence-electron chi connectivity index (χ3n) is 7.35. The Morgan fingerprint density at radius 2 is 1.93 bits per heavy atom. The van der Waals surface area contributed by atoms with Crippen molar-refractivity contribution in [2.24, 2.45) is 5.41 Å². The Morgan fingerprint density at radius 1 is 1.18 bits per heavy atom. The van der Waals surface area contributed by atoms with Crippen LogP contribution >= 0.6 is 0 Å². The minimum atomic E-state index is -0.159. The van der Waals surface area contributed by atoms with Gasteiger partial charge in [0.2, 0.25) is 5.91 Å². The van der Waals surface area contributed by atoms with Crippen molar-refractivity contribution in [1.29, 1.82) is 0 Å². The van der Waals surface area contributed by atoms with Crippen molar-refractivity contribution in [3.05, 3.63) is 18.2 Å². The Morgan fingerprint density at radius 3 is 2.64 bits per heavy atom. The summed E-state index contributed by atoms with van der Waals surface area (Å²) < 4.78 is 2.28. The average molecular weight is 389 g/mol. The van der Waals surface area contributed by atoms with E-state index in [1.54, 1.807) is 0 Å². The van der Waals surface area contributed by atoms with Gasteiger partial charge in [-0.3, -0.25) is 9.69 Å². The third-order valence-corrected chi connectivity index (χ3v) is 7.35. The fraction of sp³-hybridized carbons (Fsp3) is 0.818. The summed E-state index contributed by atoms with van der Waals surface area (Å²) in [5.74, 6) is 1.52. The molecule has 1 amide bonds. The number of piperidine rings is 2. The maximum absolute atomic E-state index is 12.6. The molecule has 2 aliphatic heterocycles. The molecular weight excluding hydrogens is 352 g/mol. The molecule has 1 N–H and O–H groups in total. The standard InChI is InChI=1S/C22H36N4O2/c1-2-12-25-15-11-23-20(25)16-24-13-9-22(10-14-24)8-7-21(28)26(17-22)18-3-5-19(27)6-4-18/h11,15,18-19,27H,2-10,12-14,16-17H2,1H3. The van der Waals surface area contributed by atoms with E-state index in [2.05, 4.69) is 32.5 Å².